The van der Waals surface area contributed by atoms with Crippen LogP contribution < -0.4 is 5.59 Å². The van der Waals surface area contributed by atoms with Gasteiger partial charge in [0.25, 0.3) is 0 Å². The van der Waals surface area contributed by atoms with E-state index in [4.69, 9.17) is 7.85 Å². The monoisotopic (exact) mass is 210 g/mol. The lowest BCUT2D eigenvalue weighted by Crippen LogP contribution is -2.09. The van der Waals surface area contributed by atoms with Crippen LogP contribution in [0.5, 0.6) is 0 Å². The summed E-state index contributed by atoms with van der Waals surface area (Å²) in [6.07, 6.45) is 15.6. The minimum absolute atomic E-state index is 0.588. The molecule has 0 N–H and O–H groups in total. The number of imidazole rings is 1. The maximum atomic E-state index is 5.85. The van der Waals surface area contributed by atoms with Gasteiger partial charge in [-0.2, -0.15) is 0 Å². The summed E-state index contributed by atoms with van der Waals surface area (Å²) in [4.78, 5) is 4.16. The van der Waals surface area contributed by atoms with Gasteiger partial charge in [0.2, 0.25) is 0 Å². The molecule has 0 bridgehead atoms. The van der Waals surface area contributed by atoms with Gasteiger partial charge in [0.1, 0.15) is 7.85 Å². The molecule has 1 heterocycles. The average Bonchev–Trinajstić information content (AvgIpc) is 2.69. The molecule has 0 unspecified atom stereocenters. The first-order valence-corrected chi connectivity index (χ1v) is 5.69. The van der Waals surface area contributed by atoms with Crippen molar-refractivity contribution in [1.29, 1.82) is 0 Å². The van der Waals surface area contributed by atoms with Crippen molar-refractivity contribution in [2.75, 3.05) is 0 Å². The Morgan fingerprint density at radius 1 is 1.50 bits per heavy atom. The quantitative estimate of drug-likeness (QED) is 0.700. The molecule has 1 aromatic rings. The Morgan fingerprint density at radius 2 is 2.38 bits per heavy atom. The number of hydrogen-bond donors (Lipinski definition) is 0. The van der Waals surface area contributed by atoms with Crippen molar-refractivity contribution in [1.82, 2.24) is 9.55 Å². The van der Waals surface area contributed by atoms with Crippen LogP contribution >= 0.6 is 0 Å². The summed E-state index contributed by atoms with van der Waals surface area (Å²) in [5, 5.41) is 0. The Balaban J connectivity index is 2.37. The van der Waals surface area contributed by atoms with Gasteiger partial charge in [-0.15, -0.1) is 0 Å². The van der Waals surface area contributed by atoms with Gasteiger partial charge in [0, 0.05) is 11.3 Å². The summed E-state index contributed by atoms with van der Waals surface area (Å²) < 4.78 is 2.04. The second-order valence-corrected chi connectivity index (χ2v) is 3.80. The van der Waals surface area contributed by atoms with Crippen LogP contribution in [0, 0.1) is 0 Å². The minimum Gasteiger partial charge on any atom is -0.301 e. The van der Waals surface area contributed by atoms with Gasteiger partial charge in [-0.3, -0.25) is 4.98 Å². The predicted octanol–water partition coefficient (Wildman–Crippen LogP) is 2.29. The SMILES string of the molecule is [B]c1ncn(C2=CCCC=C2)c1/C=C\CC. The second kappa shape index (κ2) is 5.02. The van der Waals surface area contributed by atoms with Crippen molar-refractivity contribution < 1.29 is 0 Å². The molecule has 80 valence electrons. The van der Waals surface area contributed by atoms with E-state index in [1.165, 1.54) is 0 Å². The highest BCUT2D eigenvalue weighted by atomic mass is 15.1. The van der Waals surface area contributed by atoms with Crippen molar-refractivity contribution >= 4 is 25.2 Å². The molecule has 0 saturated carbocycles. The molecule has 3 heteroatoms. The van der Waals surface area contributed by atoms with Crippen LogP contribution in [-0.4, -0.2) is 17.4 Å². The molecule has 2 radical (unpaired) electrons. The molecule has 0 aliphatic heterocycles. The molecule has 0 saturated heterocycles. The first-order valence-electron chi connectivity index (χ1n) is 5.69. The maximum Gasteiger partial charge on any atom is 0.144 e. The second-order valence-electron chi connectivity index (χ2n) is 3.80. The number of hydrogen-bond acceptors (Lipinski definition) is 1. The van der Waals surface area contributed by atoms with Gasteiger partial charge in [-0.1, -0.05) is 25.2 Å². The normalized spacial score (nSPS) is 15.7. The first-order chi connectivity index (χ1) is 7.83. The average molecular weight is 210 g/mol. The molecule has 1 aliphatic rings. The summed E-state index contributed by atoms with van der Waals surface area (Å²) >= 11 is 0. The van der Waals surface area contributed by atoms with E-state index in [2.05, 4.69) is 36.2 Å². The fraction of sp³-hybridized carbons (Fsp3) is 0.308. The number of allylic oxidation sites excluding steroid dienone is 5. The van der Waals surface area contributed by atoms with Crippen molar-refractivity contribution in [2.45, 2.75) is 26.2 Å². The van der Waals surface area contributed by atoms with Crippen LogP contribution in [-0.2, 0) is 0 Å². The van der Waals surface area contributed by atoms with E-state index in [0.717, 1.165) is 30.7 Å². The Kier molecular flexibility index (Phi) is 3.45. The van der Waals surface area contributed by atoms with E-state index in [1.54, 1.807) is 6.33 Å². The zero-order chi connectivity index (χ0) is 11.4. The maximum absolute atomic E-state index is 5.85. The van der Waals surface area contributed by atoms with E-state index in [0.29, 0.717) is 5.59 Å². The van der Waals surface area contributed by atoms with Crippen molar-refractivity contribution in [3.05, 3.63) is 36.3 Å². The molecular formula is C13H15BN2. The molecule has 16 heavy (non-hydrogen) atoms. The molecule has 0 amide bonds. The molecule has 1 aliphatic carbocycles. The molecule has 2 nitrogen and oxygen atoms in total. The van der Waals surface area contributed by atoms with E-state index in [9.17, 15) is 0 Å². The van der Waals surface area contributed by atoms with Crippen molar-refractivity contribution in [2.24, 2.45) is 0 Å². The zero-order valence-electron chi connectivity index (χ0n) is 9.56. The van der Waals surface area contributed by atoms with Gasteiger partial charge in [-0.25, -0.2) is 0 Å². The molecule has 0 aromatic carbocycles. The topological polar surface area (TPSA) is 17.8 Å². The Morgan fingerprint density at radius 3 is 3.06 bits per heavy atom. The van der Waals surface area contributed by atoms with Gasteiger partial charge < -0.3 is 4.57 Å². The number of nitrogens with zero attached hydrogens (tertiary/aromatic N) is 2. The molecule has 0 atom stereocenters. The third-order valence-corrected chi connectivity index (χ3v) is 2.60. The molecule has 0 fully saturated rings. The lowest BCUT2D eigenvalue weighted by molar-refractivity contribution is 0.992. The summed E-state index contributed by atoms with van der Waals surface area (Å²) in [5.41, 5.74) is 2.72. The van der Waals surface area contributed by atoms with Gasteiger partial charge in [0.15, 0.2) is 0 Å². The summed E-state index contributed by atoms with van der Waals surface area (Å²) in [7, 11) is 5.85. The molecular weight excluding hydrogens is 195 g/mol. The van der Waals surface area contributed by atoms with E-state index < -0.39 is 0 Å². The van der Waals surface area contributed by atoms with Crippen LogP contribution in [0.25, 0.3) is 11.8 Å². The molecule has 0 spiro atoms. The third kappa shape index (κ3) is 2.18. The van der Waals surface area contributed by atoms with Crippen molar-refractivity contribution in [3.63, 3.8) is 0 Å². The van der Waals surface area contributed by atoms with Gasteiger partial charge in [0.05, 0.1) is 12.0 Å². The highest BCUT2D eigenvalue weighted by Gasteiger charge is 2.07. The Bertz CT molecular complexity index is 452. The van der Waals surface area contributed by atoms with Crippen LogP contribution in [0.1, 0.15) is 31.9 Å². The Hall–Kier alpha value is -1.51. The minimum atomic E-state index is 0.588. The highest BCUT2D eigenvalue weighted by Crippen LogP contribution is 2.16. The lowest BCUT2D eigenvalue weighted by Gasteiger charge is -2.10. The van der Waals surface area contributed by atoms with Crippen molar-refractivity contribution in [3.8, 4) is 0 Å². The van der Waals surface area contributed by atoms with E-state index in [1.807, 2.05) is 10.6 Å². The van der Waals surface area contributed by atoms with E-state index >= 15 is 0 Å². The first kappa shape index (κ1) is 11.0. The fourth-order valence-electron chi connectivity index (χ4n) is 1.75. The van der Waals surface area contributed by atoms with Gasteiger partial charge in [-0.05, 0) is 31.4 Å². The fourth-order valence-corrected chi connectivity index (χ4v) is 1.75. The third-order valence-electron chi connectivity index (χ3n) is 2.60. The summed E-state index contributed by atoms with van der Waals surface area (Å²) in [6.45, 7) is 2.10. The van der Waals surface area contributed by atoms with E-state index in [-0.39, 0.29) is 0 Å². The molecule has 2 rings (SSSR count). The number of aromatic nitrogens is 2. The largest absolute Gasteiger partial charge is 0.301 e. The van der Waals surface area contributed by atoms with Crippen LogP contribution in [0.15, 0.2) is 30.6 Å². The highest BCUT2D eigenvalue weighted by molar-refractivity contribution is 6.32. The lowest BCUT2D eigenvalue weighted by atomic mass is 10.0. The predicted molar refractivity (Wildman–Crippen MR) is 69.6 cm³/mol. The zero-order valence-corrected chi connectivity index (χ0v) is 9.56. The number of rotatable bonds is 3. The molecule has 1 aromatic heterocycles. The van der Waals surface area contributed by atoms with Crippen LogP contribution in [0.2, 0.25) is 0 Å². The Labute approximate surface area is 97.8 Å². The van der Waals surface area contributed by atoms with Gasteiger partial charge >= 0.3 is 0 Å². The van der Waals surface area contributed by atoms with Crippen LogP contribution in [0.3, 0.4) is 0 Å². The van der Waals surface area contributed by atoms with Crippen LogP contribution in [0.4, 0.5) is 0 Å². The summed E-state index contributed by atoms with van der Waals surface area (Å²) in [5.74, 6) is 0. The smallest absolute Gasteiger partial charge is 0.144 e. The standard InChI is InChI=1S/C13H15BN2/c1-2-3-9-12-13(14)15-10-16(12)11-7-5-4-6-8-11/h3,5,7-10H,2,4,6H2,1H3/b9-3-. The summed E-state index contributed by atoms with van der Waals surface area (Å²) in [6, 6.07) is 0.